The molecule has 4 aromatic rings. The zero-order chi connectivity index (χ0) is 40.2. The lowest BCUT2D eigenvalue weighted by molar-refractivity contribution is -0.136. The average molecular weight is 792 g/mol. The van der Waals surface area contributed by atoms with Gasteiger partial charge in [-0.05, 0) is 146 Å². The molecule has 1 saturated carbocycles. The van der Waals surface area contributed by atoms with Crippen molar-refractivity contribution in [2.24, 2.45) is 5.92 Å². The fourth-order valence-electron chi connectivity index (χ4n) is 11.8. The van der Waals surface area contributed by atoms with Gasteiger partial charge in [0, 0.05) is 74.9 Å². The topological polar surface area (TPSA) is 96.4 Å². The van der Waals surface area contributed by atoms with Crippen LogP contribution in [0.5, 0.6) is 5.75 Å². The largest absolute Gasteiger partial charge is 0.508 e. The van der Waals surface area contributed by atoms with E-state index >= 15 is 0 Å². The zero-order valence-corrected chi connectivity index (χ0v) is 34.3. The predicted molar refractivity (Wildman–Crippen MR) is 229 cm³/mol. The van der Waals surface area contributed by atoms with Crippen molar-refractivity contribution in [3.05, 3.63) is 129 Å². The number of phenolic OH excluding ortho intramolecular Hbond substituents is 1. The van der Waals surface area contributed by atoms with Crippen LogP contribution in [0.25, 0.3) is 0 Å². The number of aromatic hydroxyl groups is 1. The second-order valence-electron chi connectivity index (χ2n) is 18.4. The maximum atomic E-state index is 13.4. The highest BCUT2D eigenvalue weighted by atomic mass is 16.3. The Morgan fingerprint density at radius 1 is 0.695 bits per heavy atom. The van der Waals surface area contributed by atoms with Crippen molar-refractivity contribution in [2.75, 3.05) is 31.6 Å². The summed E-state index contributed by atoms with van der Waals surface area (Å²) in [6.45, 7) is 5.52. The summed E-state index contributed by atoms with van der Waals surface area (Å²) >= 11 is 0. The Hall–Kier alpha value is -4.99. The number of nitrogens with one attached hydrogen (secondary N) is 1. The fraction of sp³-hybridized carbons (Fsp3) is 0.460. The van der Waals surface area contributed by atoms with Crippen molar-refractivity contribution in [1.82, 2.24) is 20.0 Å². The van der Waals surface area contributed by atoms with Gasteiger partial charge in [0.25, 0.3) is 5.91 Å². The monoisotopic (exact) mass is 791 g/mol. The van der Waals surface area contributed by atoms with Crippen LogP contribution in [0.2, 0.25) is 0 Å². The maximum Gasteiger partial charge on any atom is 0.255 e. The first-order valence-electron chi connectivity index (χ1n) is 22.2. The Morgan fingerprint density at radius 3 is 2.17 bits per heavy atom. The average Bonchev–Trinajstić information content (AvgIpc) is 3.80. The van der Waals surface area contributed by atoms with Gasteiger partial charge in [-0.15, -0.1) is 0 Å². The molecule has 2 N–H and O–H groups in total. The highest BCUT2D eigenvalue weighted by molar-refractivity contribution is 6.05. The molecule has 59 heavy (non-hydrogen) atoms. The summed E-state index contributed by atoms with van der Waals surface area (Å²) in [7, 11) is 2.38. The molecule has 10 rings (SSSR count). The Morgan fingerprint density at radius 2 is 1.42 bits per heavy atom. The number of hydrogen-bond acceptors (Lipinski definition) is 7. The third-order valence-corrected chi connectivity index (χ3v) is 15.0. The van der Waals surface area contributed by atoms with Gasteiger partial charge < -0.3 is 19.8 Å². The van der Waals surface area contributed by atoms with Crippen molar-refractivity contribution in [3.63, 3.8) is 0 Å². The van der Waals surface area contributed by atoms with Gasteiger partial charge >= 0.3 is 0 Å². The van der Waals surface area contributed by atoms with Crippen molar-refractivity contribution in [1.29, 1.82) is 0 Å². The summed E-state index contributed by atoms with van der Waals surface area (Å²) in [4.78, 5) is 47.1. The van der Waals surface area contributed by atoms with Crippen LogP contribution in [-0.2, 0) is 35.6 Å². The van der Waals surface area contributed by atoms with E-state index in [2.05, 4.69) is 99.9 Å². The summed E-state index contributed by atoms with van der Waals surface area (Å²) in [5.74, 6) is 1.05. The van der Waals surface area contributed by atoms with Gasteiger partial charge in [0.15, 0.2) is 0 Å². The molecule has 4 heterocycles. The summed E-state index contributed by atoms with van der Waals surface area (Å²) in [5.41, 5.74) is 11.0. The summed E-state index contributed by atoms with van der Waals surface area (Å²) < 4.78 is 0. The lowest BCUT2D eigenvalue weighted by Crippen LogP contribution is -2.52. The Labute approximate surface area is 348 Å². The molecule has 0 bridgehead atoms. The van der Waals surface area contributed by atoms with E-state index in [1.807, 2.05) is 12.1 Å². The minimum Gasteiger partial charge on any atom is -0.508 e. The Balaban J connectivity index is 0.704. The first kappa shape index (κ1) is 38.2. The Kier molecular flexibility index (Phi) is 10.3. The van der Waals surface area contributed by atoms with E-state index in [9.17, 15) is 19.5 Å². The molecule has 0 aromatic heterocycles. The maximum absolute atomic E-state index is 13.4. The molecular formula is C50H57N5O4. The van der Waals surface area contributed by atoms with E-state index in [1.54, 1.807) is 4.90 Å². The molecule has 0 radical (unpaired) electrons. The molecule has 0 spiro atoms. The highest BCUT2D eigenvalue weighted by Crippen LogP contribution is 2.47. The molecule has 3 atom stereocenters. The van der Waals surface area contributed by atoms with Gasteiger partial charge in [-0.1, -0.05) is 54.6 Å². The number of carbonyl (C=O) groups excluding carboxylic acids is 3. The molecule has 1 unspecified atom stereocenters. The van der Waals surface area contributed by atoms with Crippen LogP contribution in [0.15, 0.2) is 84.9 Å². The van der Waals surface area contributed by atoms with Crippen LogP contribution in [0.3, 0.4) is 0 Å². The van der Waals surface area contributed by atoms with Gasteiger partial charge in [0.2, 0.25) is 11.8 Å². The van der Waals surface area contributed by atoms with E-state index < -0.39 is 6.04 Å². The first-order chi connectivity index (χ1) is 28.8. The fourth-order valence-corrected chi connectivity index (χ4v) is 11.8. The molecule has 2 saturated heterocycles. The van der Waals surface area contributed by atoms with Crippen LogP contribution in [0.4, 0.5) is 5.69 Å². The third kappa shape index (κ3) is 7.46. The molecular weight excluding hydrogens is 735 g/mol. The minimum atomic E-state index is -0.566. The number of hydrogen-bond donors (Lipinski definition) is 2. The van der Waals surface area contributed by atoms with Crippen LogP contribution in [-0.4, -0.2) is 82.3 Å². The highest BCUT2D eigenvalue weighted by Gasteiger charge is 2.40. The molecule has 4 aromatic carbocycles. The van der Waals surface area contributed by atoms with Gasteiger partial charge in [0.1, 0.15) is 11.8 Å². The number of carbonyl (C=O) groups is 3. The van der Waals surface area contributed by atoms with Crippen molar-refractivity contribution >= 4 is 23.4 Å². The molecule has 6 aliphatic rings. The number of amides is 3. The van der Waals surface area contributed by atoms with E-state index in [0.717, 1.165) is 56.7 Å². The summed E-state index contributed by atoms with van der Waals surface area (Å²) in [5, 5.41) is 12.7. The molecule has 2 aliphatic carbocycles. The molecule has 9 heteroatoms. The van der Waals surface area contributed by atoms with Crippen LogP contribution in [0.1, 0.15) is 119 Å². The lowest BCUT2D eigenvalue weighted by Gasteiger charge is -2.43. The summed E-state index contributed by atoms with van der Waals surface area (Å²) in [6.07, 6.45) is 10.2. The first-order valence-corrected chi connectivity index (χ1v) is 22.2. The number of imide groups is 1. The van der Waals surface area contributed by atoms with Gasteiger partial charge in [-0.2, -0.15) is 0 Å². The number of piperidine rings is 2. The number of phenols is 1. The standard InChI is InChI=1S/C50H57N5O4/c1-52(39-12-7-32(8-13-39)28-53-29-36-25-38-31-55(46-19-20-47(57)51-49(46)58)50(59)45(38)27-37(36)30-53)40-21-23-54(24-22-40)41-14-9-34(10-15-41)48-43(33-5-3-2-4-6-33)17-11-35-26-42(56)16-18-44(35)48/h2-6,9-10,14-16,18,25-27,32,39-40,43,46,48,56H,7-8,11-13,17,19-24,28-31H2,1H3,(H,51,57,58)/t32?,39?,43-,46?,48+/m1/s1. The normalized spacial score (nSPS) is 26.2. The predicted octanol–water partition coefficient (Wildman–Crippen LogP) is 7.49. The molecule has 306 valence electrons. The van der Waals surface area contributed by atoms with Gasteiger partial charge in [0.05, 0.1) is 0 Å². The molecule has 3 fully saturated rings. The van der Waals surface area contributed by atoms with Crippen LogP contribution >= 0.6 is 0 Å². The number of aryl methyl sites for hydroxylation is 1. The molecule has 3 amide bonds. The quantitative estimate of drug-likeness (QED) is 0.179. The number of rotatable bonds is 8. The van der Waals surface area contributed by atoms with E-state index in [4.69, 9.17) is 0 Å². The molecule has 4 aliphatic heterocycles. The second-order valence-corrected chi connectivity index (χ2v) is 18.4. The van der Waals surface area contributed by atoms with Crippen molar-refractivity contribution in [2.45, 2.75) is 114 Å². The van der Waals surface area contributed by atoms with Crippen LogP contribution in [0, 0.1) is 5.92 Å². The number of nitrogens with zero attached hydrogens (tertiary/aromatic N) is 4. The van der Waals surface area contributed by atoms with E-state index in [1.165, 1.54) is 77.6 Å². The van der Waals surface area contributed by atoms with Gasteiger partial charge in [-0.25, -0.2) is 0 Å². The van der Waals surface area contributed by atoms with Crippen LogP contribution < -0.4 is 10.2 Å². The SMILES string of the molecule is CN(C1CCC(CN2Cc3cc4c(cc3C2)C(=O)N(C2CCC(=O)NC2=O)C4)CC1)C1CCN(c2ccc([C@@H]3c4ccc(O)cc4CC[C@@H]3c3ccccc3)cc2)CC1. The number of anilines is 1. The Bertz CT molecular complexity index is 2230. The summed E-state index contributed by atoms with van der Waals surface area (Å²) in [6, 6.07) is 31.3. The number of benzene rings is 4. The van der Waals surface area contributed by atoms with E-state index in [-0.39, 0.29) is 30.1 Å². The number of fused-ring (bicyclic) bond motifs is 3. The van der Waals surface area contributed by atoms with E-state index in [0.29, 0.717) is 42.6 Å². The zero-order valence-electron chi connectivity index (χ0n) is 34.3. The third-order valence-electron chi connectivity index (χ3n) is 15.0. The van der Waals surface area contributed by atoms with Gasteiger partial charge in [-0.3, -0.25) is 24.6 Å². The minimum absolute atomic E-state index is 0.0831. The molecule has 9 nitrogen and oxygen atoms in total. The lowest BCUT2D eigenvalue weighted by atomic mass is 9.69. The smallest absolute Gasteiger partial charge is 0.255 e. The van der Waals surface area contributed by atoms with Crippen molar-refractivity contribution < 1.29 is 19.5 Å². The van der Waals surface area contributed by atoms with Crippen molar-refractivity contribution in [3.8, 4) is 5.75 Å². The second kappa shape index (κ2) is 15.9.